The molecule has 2 aromatic carbocycles. The molecule has 5 aromatic rings. The minimum absolute atomic E-state index is 0.108. The second-order valence-corrected chi connectivity index (χ2v) is 12.8. The maximum atomic E-state index is 13.7. The van der Waals surface area contributed by atoms with Crippen LogP contribution in [0, 0.1) is 13.8 Å². The van der Waals surface area contributed by atoms with Crippen LogP contribution < -0.4 is 5.32 Å². The zero-order chi connectivity index (χ0) is 29.1. The van der Waals surface area contributed by atoms with Crippen LogP contribution in [0.5, 0.6) is 0 Å². The molecule has 2 amide bonds. The number of rotatable bonds is 9. The molecule has 0 aliphatic carbocycles. The van der Waals surface area contributed by atoms with Gasteiger partial charge >= 0.3 is 0 Å². The molecule has 42 heavy (non-hydrogen) atoms. The number of carbonyl (C=O) groups excluding carboxylic acids is 2. The average molecular weight is 613 g/mol. The lowest BCUT2D eigenvalue weighted by atomic mass is 10.00. The molecule has 3 aromatic heterocycles. The normalized spacial score (nSPS) is 14.7. The number of aryl methyl sites for hydroxylation is 2. The fourth-order valence-electron chi connectivity index (χ4n) is 4.76. The fourth-order valence-corrected chi connectivity index (χ4v) is 6.95. The molecule has 0 unspecified atom stereocenters. The van der Waals surface area contributed by atoms with Gasteiger partial charge in [-0.15, -0.1) is 32.9 Å². The van der Waals surface area contributed by atoms with Crippen molar-refractivity contribution in [3.63, 3.8) is 0 Å². The van der Waals surface area contributed by atoms with E-state index in [2.05, 4.69) is 46.7 Å². The highest BCUT2D eigenvalue weighted by molar-refractivity contribution is 7.99. The van der Waals surface area contributed by atoms with Crippen molar-refractivity contribution < 1.29 is 9.59 Å². The SMILES string of the molecule is Cc1ccc([C@@H]2CC(c3cccs3)=NN2C(=O)CSc2nnc(CNC(=O)c3cccs3)n2-c2cccc(C)c2)cc1. The Balaban J connectivity index is 1.24. The quantitative estimate of drug-likeness (QED) is 0.194. The second kappa shape index (κ2) is 12.4. The number of amides is 2. The monoisotopic (exact) mass is 612 g/mol. The minimum Gasteiger partial charge on any atom is -0.344 e. The highest BCUT2D eigenvalue weighted by Crippen LogP contribution is 2.35. The Bertz CT molecular complexity index is 1730. The molecule has 212 valence electrons. The summed E-state index contributed by atoms with van der Waals surface area (Å²) in [4.78, 5) is 28.0. The van der Waals surface area contributed by atoms with Crippen molar-refractivity contribution >= 4 is 52.0 Å². The zero-order valence-electron chi connectivity index (χ0n) is 23.1. The van der Waals surface area contributed by atoms with Gasteiger partial charge in [-0.1, -0.05) is 65.9 Å². The van der Waals surface area contributed by atoms with Crippen LogP contribution in [0.15, 0.2) is 93.8 Å². The number of nitrogens with zero attached hydrogens (tertiary/aromatic N) is 5. The van der Waals surface area contributed by atoms with E-state index in [4.69, 9.17) is 5.10 Å². The van der Waals surface area contributed by atoms with E-state index in [0.717, 1.165) is 27.4 Å². The topological polar surface area (TPSA) is 92.5 Å². The van der Waals surface area contributed by atoms with Crippen molar-refractivity contribution in [2.45, 2.75) is 38.0 Å². The number of hydrogen-bond acceptors (Lipinski definition) is 8. The number of hydrazone groups is 1. The van der Waals surface area contributed by atoms with Gasteiger partial charge in [0, 0.05) is 12.1 Å². The van der Waals surface area contributed by atoms with Crippen LogP contribution in [0.1, 0.15) is 49.5 Å². The van der Waals surface area contributed by atoms with Crippen molar-refractivity contribution in [2.75, 3.05) is 5.75 Å². The maximum Gasteiger partial charge on any atom is 0.261 e. The van der Waals surface area contributed by atoms with Crippen molar-refractivity contribution in [2.24, 2.45) is 5.10 Å². The molecule has 0 spiro atoms. The third kappa shape index (κ3) is 6.08. The van der Waals surface area contributed by atoms with Gasteiger partial charge in [0.15, 0.2) is 11.0 Å². The highest BCUT2D eigenvalue weighted by Gasteiger charge is 2.33. The molecular weight excluding hydrogens is 585 g/mol. The number of carbonyl (C=O) groups is 2. The Labute approximate surface area is 256 Å². The molecule has 11 heteroatoms. The number of hydrogen-bond donors (Lipinski definition) is 1. The summed E-state index contributed by atoms with van der Waals surface area (Å²) in [5, 5.41) is 22.7. The van der Waals surface area contributed by atoms with E-state index in [0.29, 0.717) is 22.3 Å². The molecule has 1 aliphatic rings. The molecule has 1 N–H and O–H groups in total. The molecule has 0 radical (unpaired) electrons. The lowest BCUT2D eigenvalue weighted by Crippen LogP contribution is -2.28. The van der Waals surface area contributed by atoms with Crippen LogP contribution in [-0.4, -0.2) is 43.1 Å². The van der Waals surface area contributed by atoms with Crippen molar-refractivity contribution in [3.05, 3.63) is 116 Å². The molecule has 0 saturated carbocycles. The first-order valence-electron chi connectivity index (χ1n) is 13.4. The van der Waals surface area contributed by atoms with Gasteiger partial charge in [-0.25, -0.2) is 5.01 Å². The van der Waals surface area contributed by atoms with Gasteiger partial charge < -0.3 is 5.32 Å². The summed E-state index contributed by atoms with van der Waals surface area (Å²) < 4.78 is 1.90. The second-order valence-electron chi connectivity index (χ2n) is 9.91. The van der Waals surface area contributed by atoms with Crippen LogP contribution in [0.3, 0.4) is 0 Å². The van der Waals surface area contributed by atoms with Crippen LogP contribution >= 0.6 is 34.4 Å². The third-order valence-electron chi connectivity index (χ3n) is 6.87. The first kappa shape index (κ1) is 28.1. The Kier molecular flexibility index (Phi) is 8.31. The third-order valence-corrected chi connectivity index (χ3v) is 9.57. The van der Waals surface area contributed by atoms with E-state index in [1.165, 1.54) is 28.7 Å². The van der Waals surface area contributed by atoms with E-state index < -0.39 is 0 Å². The summed E-state index contributed by atoms with van der Waals surface area (Å²) in [7, 11) is 0. The Morgan fingerprint density at radius 3 is 2.50 bits per heavy atom. The molecule has 6 rings (SSSR count). The van der Waals surface area contributed by atoms with Crippen LogP contribution in [0.25, 0.3) is 5.69 Å². The van der Waals surface area contributed by atoms with Crippen LogP contribution in [-0.2, 0) is 11.3 Å². The first-order valence-corrected chi connectivity index (χ1v) is 16.2. The van der Waals surface area contributed by atoms with E-state index in [1.54, 1.807) is 22.4 Å². The van der Waals surface area contributed by atoms with E-state index in [-0.39, 0.29) is 30.2 Å². The smallest absolute Gasteiger partial charge is 0.261 e. The fraction of sp³-hybridized carbons (Fsp3) is 0.194. The molecule has 0 saturated heterocycles. The summed E-state index contributed by atoms with van der Waals surface area (Å²) in [6.07, 6.45) is 0.660. The zero-order valence-corrected chi connectivity index (χ0v) is 25.5. The number of nitrogens with one attached hydrogen (secondary N) is 1. The average Bonchev–Trinajstić information content (AvgIpc) is 3.81. The first-order chi connectivity index (χ1) is 20.5. The lowest BCUT2D eigenvalue weighted by Gasteiger charge is -2.22. The van der Waals surface area contributed by atoms with Gasteiger partial charge in [0.1, 0.15) is 0 Å². The Morgan fingerprint density at radius 2 is 1.76 bits per heavy atom. The molecule has 0 fully saturated rings. The summed E-state index contributed by atoms with van der Waals surface area (Å²) in [5.41, 5.74) is 5.09. The number of benzene rings is 2. The van der Waals surface area contributed by atoms with Gasteiger partial charge in [-0.2, -0.15) is 5.10 Å². The van der Waals surface area contributed by atoms with Crippen molar-refractivity contribution in [1.82, 2.24) is 25.1 Å². The standard InChI is InChI=1S/C31H28N6O2S3/c1-20-10-12-22(13-11-20)25-17-24(26-8-4-14-40-26)35-37(25)29(38)19-42-31-34-33-28(18-32-30(39)27-9-5-15-41-27)36(31)23-7-3-6-21(2)16-23/h3-16,25H,17-19H2,1-2H3,(H,32,39)/t25-/m0/s1. The highest BCUT2D eigenvalue weighted by atomic mass is 32.2. The van der Waals surface area contributed by atoms with E-state index in [9.17, 15) is 9.59 Å². The van der Waals surface area contributed by atoms with Gasteiger partial charge in [-0.05, 0) is 60.0 Å². The van der Waals surface area contributed by atoms with Crippen LogP contribution in [0.2, 0.25) is 0 Å². The Morgan fingerprint density at radius 1 is 0.952 bits per heavy atom. The maximum absolute atomic E-state index is 13.7. The molecule has 4 heterocycles. The van der Waals surface area contributed by atoms with E-state index in [1.807, 2.05) is 64.7 Å². The summed E-state index contributed by atoms with van der Waals surface area (Å²) >= 11 is 4.33. The van der Waals surface area contributed by atoms with Gasteiger partial charge in [0.25, 0.3) is 11.8 Å². The molecular formula is C31H28N6O2S3. The van der Waals surface area contributed by atoms with Crippen molar-refractivity contribution in [1.29, 1.82) is 0 Å². The molecule has 8 nitrogen and oxygen atoms in total. The predicted molar refractivity (Wildman–Crippen MR) is 169 cm³/mol. The minimum atomic E-state index is -0.173. The Hall–Kier alpha value is -4.06. The van der Waals surface area contributed by atoms with Gasteiger partial charge in [-0.3, -0.25) is 14.2 Å². The molecule has 1 atom stereocenters. The lowest BCUT2D eigenvalue weighted by molar-refractivity contribution is -0.130. The van der Waals surface area contributed by atoms with Gasteiger partial charge in [0.05, 0.1) is 33.8 Å². The largest absolute Gasteiger partial charge is 0.344 e. The number of thioether (sulfide) groups is 1. The number of thiophene rings is 2. The van der Waals surface area contributed by atoms with Crippen LogP contribution in [0.4, 0.5) is 0 Å². The van der Waals surface area contributed by atoms with E-state index >= 15 is 0 Å². The molecule has 1 aliphatic heterocycles. The van der Waals surface area contributed by atoms with Crippen molar-refractivity contribution in [3.8, 4) is 5.69 Å². The predicted octanol–water partition coefficient (Wildman–Crippen LogP) is 6.41. The number of aromatic nitrogens is 3. The summed E-state index contributed by atoms with van der Waals surface area (Å²) in [5.74, 6) is 0.444. The summed E-state index contributed by atoms with van der Waals surface area (Å²) in [6, 6.07) is 23.8. The summed E-state index contributed by atoms with van der Waals surface area (Å²) in [6.45, 7) is 4.27. The molecule has 0 bridgehead atoms. The van der Waals surface area contributed by atoms with Gasteiger partial charge in [0.2, 0.25) is 0 Å².